The topological polar surface area (TPSA) is 58.4 Å². The lowest BCUT2D eigenvalue weighted by Crippen LogP contribution is -2.48. The molecule has 2 rings (SSSR count). The van der Waals surface area contributed by atoms with Gasteiger partial charge in [-0.3, -0.25) is 4.79 Å². The summed E-state index contributed by atoms with van der Waals surface area (Å²) in [4.78, 5) is 18.2. The van der Waals surface area contributed by atoms with Crippen LogP contribution in [0.5, 0.6) is 0 Å². The monoisotopic (exact) mass is 279 g/mol. The SMILES string of the molecule is CCCC1(C(=O)O)CCCN(CCn2ccnc2C)C1. The number of nitrogens with zero attached hydrogens (tertiary/aromatic N) is 3. The predicted octanol–water partition coefficient (Wildman–Crippen LogP) is 2.16. The number of aryl methyl sites for hydroxylation is 1. The molecule has 20 heavy (non-hydrogen) atoms. The van der Waals surface area contributed by atoms with Gasteiger partial charge in [0, 0.05) is 32.0 Å². The fourth-order valence-electron chi connectivity index (χ4n) is 3.27. The number of aromatic nitrogens is 2. The van der Waals surface area contributed by atoms with E-state index in [1.165, 1.54) is 0 Å². The molecule has 1 fully saturated rings. The molecule has 0 spiro atoms. The number of imidazole rings is 1. The molecule has 1 unspecified atom stereocenters. The van der Waals surface area contributed by atoms with Crippen molar-refractivity contribution in [3.63, 3.8) is 0 Å². The Morgan fingerprint density at radius 2 is 2.30 bits per heavy atom. The molecule has 0 radical (unpaired) electrons. The highest BCUT2D eigenvalue weighted by Crippen LogP contribution is 2.34. The van der Waals surface area contributed by atoms with Crippen LogP contribution in [-0.2, 0) is 11.3 Å². The molecular weight excluding hydrogens is 254 g/mol. The van der Waals surface area contributed by atoms with Crippen LogP contribution in [0.3, 0.4) is 0 Å². The van der Waals surface area contributed by atoms with Crippen LogP contribution in [0.25, 0.3) is 0 Å². The molecule has 1 N–H and O–H groups in total. The molecule has 0 amide bonds. The maximum Gasteiger partial charge on any atom is 0.310 e. The van der Waals surface area contributed by atoms with Crippen molar-refractivity contribution in [2.75, 3.05) is 19.6 Å². The van der Waals surface area contributed by atoms with Gasteiger partial charge in [-0.25, -0.2) is 4.98 Å². The average Bonchev–Trinajstić information content (AvgIpc) is 2.82. The second-order valence-corrected chi connectivity index (χ2v) is 5.88. The van der Waals surface area contributed by atoms with Crippen molar-refractivity contribution in [1.29, 1.82) is 0 Å². The third-order valence-corrected chi connectivity index (χ3v) is 4.42. The first-order valence-corrected chi connectivity index (χ1v) is 7.51. The summed E-state index contributed by atoms with van der Waals surface area (Å²) in [6.07, 6.45) is 7.30. The van der Waals surface area contributed by atoms with Crippen molar-refractivity contribution < 1.29 is 9.90 Å². The average molecular weight is 279 g/mol. The van der Waals surface area contributed by atoms with Gasteiger partial charge in [0.2, 0.25) is 0 Å². The van der Waals surface area contributed by atoms with E-state index in [0.29, 0.717) is 6.54 Å². The third-order valence-electron chi connectivity index (χ3n) is 4.42. The maximum atomic E-state index is 11.7. The number of likely N-dealkylation sites (tertiary alicyclic amines) is 1. The number of carbonyl (C=O) groups is 1. The van der Waals surface area contributed by atoms with Gasteiger partial charge in [0.15, 0.2) is 0 Å². The van der Waals surface area contributed by atoms with Crippen LogP contribution in [0.2, 0.25) is 0 Å². The zero-order chi connectivity index (χ0) is 14.6. The number of carboxylic acids is 1. The van der Waals surface area contributed by atoms with Gasteiger partial charge in [-0.05, 0) is 32.7 Å². The van der Waals surface area contributed by atoms with Crippen molar-refractivity contribution in [1.82, 2.24) is 14.5 Å². The first-order chi connectivity index (χ1) is 9.57. The lowest BCUT2D eigenvalue weighted by molar-refractivity contribution is -0.153. The molecule has 0 aromatic carbocycles. The van der Waals surface area contributed by atoms with Crippen LogP contribution in [0.15, 0.2) is 12.4 Å². The van der Waals surface area contributed by atoms with Crippen LogP contribution in [0.1, 0.15) is 38.4 Å². The minimum atomic E-state index is -0.622. The lowest BCUT2D eigenvalue weighted by atomic mass is 9.76. The molecule has 1 aliphatic heterocycles. The highest BCUT2D eigenvalue weighted by atomic mass is 16.4. The molecular formula is C15H25N3O2. The molecule has 5 nitrogen and oxygen atoms in total. The van der Waals surface area contributed by atoms with Crippen molar-refractivity contribution >= 4 is 5.97 Å². The van der Waals surface area contributed by atoms with E-state index in [9.17, 15) is 9.90 Å². The van der Waals surface area contributed by atoms with Gasteiger partial charge in [0.1, 0.15) is 5.82 Å². The highest BCUT2D eigenvalue weighted by molar-refractivity contribution is 5.75. The van der Waals surface area contributed by atoms with E-state index < -0.39 is 11.4 Å². The summed E-state index contributed by atoms with van der Waals surface area (Å²) in [6, 6.07) is 0. The Hall–Kier alpha value is -1.36. The van der Waals surface area contributed by atoms with E-state index in [2.05, 4.69) is 21.4 Å². The van der Waals surface area contributed by atoms with Crippen LogP contribution < -0.4 is 0 Å². The lowest BCUT2D eigenvalue weighted by Gasteiger charge is -2.40. The molecule has 112 valence electrons. The van der Waals surface area contributed by atoms with Crippen molar-refractivity contribution in [3.05, 3.63) is 18.2 Å². The van der Waals surface area contributed by atoms with Crippen LogP contribution in [0, 0.1) is 12.3 Å². The van der Waals surface area contributed by atoms with E-state index in [1.54, 1.807) is 0 Å². The predicted molar refractivity (Wildman–Crippen MR) is 77.6 cm³/mol. The zero-order valence-corrected chi connectivity index (χ0v) is 12.5. The van der Waals surface area contributed by atoms with Gasteiger partial charge in [-0.15, -0.1) is 0 Å². The molecule has 1 aromatic heterocycles. The van der Waals surface area contributed by atoms with Gasteiger partial charge in [0.05, 0.1) is 5.41 Å². The van der Waals surface area contributed by atoms with Gasteiger partial charge >= 0.3 is 5.97 Å². The molecule has 5 heteroatoms. The molecule has 0 bridgehead atoms. The highest BCUT2D eigenvalue weighted by Gasteiger charge is 2.41. The summed E-state index contributed by atoms with van der Waals surface area (Å²) < 4.78 is 2.12. The van der Waals surface area contributed by atoms with E-state index >= 15 is 0 Å². The molecule has 0 aliphatic carbocycles. The summed E-state index contributed by atoms with van der Waals surface area (Å²) in [5, 5.41) is 9.59. The molecule has 1 aliphatic rings. The number of rotatable bonds is 6. The van der Waals surface area contributed by atoms with E-state index in [-0.39, 0.29) is 0 Å². The van der Waals surface area contributed by atoms with Gasteiger partial charge < -0.3 is 14.6 Å². The Kier molecular flexibility index (Phi) is 4.81. The Morgan fingerprint density at radius 1 is 1.50 bits per heavy atom. The summed E-state index contributed by atoms with van der Waals surface area (Å²) in [5.74, 6) is 0.392. The van der Waals surface area contributed by atoms with E-state index in [4.69, 9.17) is 0 Å². The molecule has 0 saturated carbocycles. The molecule has 1 aromatic rings. The second-order valence-electron chi connectivity index (χ2n) is 5.88. The van der Waals surface area contributed by atoms with E-state index in [0.717, 1.165) is 51.1 Å². The maximum absolute atomic E-state index is 11.7. The zero-order valence-electron chi connectivity index (χ0n) is 12.5. The third kappa shape index (κ3) is 3.20. The minimum absolute atomic E-state index is 0.531. The van der Waals surface area contributed by atoms with Gasteiger partial charge in [-0.2, -0.15) is 0 Å². The second kappa shape index (κ2) is 6.39. The van der Waals surface area contributed by atoms with Crippen LogP contribution >= 0.6 is 0 Å². The van der Waals surface area contributed by atoms with Crippen molar-refractivity contribution in [2.24, 2.45) is 5.41 Å². The molecule has 2 heterocycles. The number of hydrogen-bond donors (Lipinski definition) is 1. The number of piperidine rings is 1. The standard InChI is InChI=1S/C15H25N3O2/c1-3-5-15(14(19)20)6-4-8-17(12-15)10-11-18-9-7-16-13(18)2/h7,9H,3-6,8,10-12H2,1-2H3,(H,19,20). The summed E-state index contributed by atoms with van der Waals surface area (Å²) in [6.45, 7) is 7.54. The van der Waals surface area contributed by atoms with Crippen LogP contribution in [0.4, 0.5) is 0 Å². The summed E-state index contributed by atoms with van der Waals surface area (Å²) in [7, 11) is 0. The van der Waals surface area contributed by atoms with Gasteiger partial charge in [-0.1, -0.05) is 13.3 Å². The summed E-state index contributed by atoms with van der Waals surface area (Å²) in [5.41, 5.74) is -0.531. The fourth-order valence-corrected chi connectivity index (χ4v) is 3.27. The smallest absolute Gasteiger partial charge is 0.310 e. The quantitative estimate of drug-likeness (QED) is 0.867. The number of aliphatic carboxylic acids is 1. The van der Waals surface area contributed by atoms with Crippen molar-refractivity contribution in [3.8, 4) is 0 Å². The summed E-state index contributed by atoms with van der Waals surface area (Å²) >= 11 is 0. The Bertz CT molecular complexity index is 454. The van der Waals surface area contributed by atoms with Crippen LogP contribution in [-0.4, -0.2) is 45.2 Å². The Balaban J connectivity index is 1.96. The van der Waals surface area contributed by atoms with Crippen molar-refractivity contribution in [2.45, 2.75) is 46.1 Å². The Labute approximate surface area is 120 Å². The van der Waals surface area contributed by atoms with Gasteiger partial charge in [0.25, 0.3) is 0 Å². The number of carboxylic acid groups (broad SMARTS) is 1. The molecule has 1 atom stereocenters. The fraction of sp³-hybridized carbons (Fsp3) is 0.733. The first-order valence-electron chi connectivity index (χ1n) is 7.51. The number of hydrogen-bond acceptors (Lipinski definition) is 3. The minimum Gasteiger partial charge on any atom is -0.481 e. The molecule has 1 saturated heterocycles. The Morgan fingerprint density at radius 3 is 2.90 bits per heavy atom. The normalized spacial score (nSPS) is 23.9. The largest absolute Gasteiger partial charge is 0.481 e. The first kappa shape index (κ1) is 15.0. The van der Waals surface area contributed by atoms with E-state index in [1.807, 2.05) is 19.3 Å².